The van der Waals surface area contributed by atoms with Crippen LogP contribution in [0.25, 0.3) is 0 Å². The van der Waals surface area contributed by atoms with Crippen molar-refractivity contribution in [2.24, 2.45) is 5.92 Å². The highest BCUT2D eigenvalue weighted by atomic mass is 32.2. The Kier molecular flexibility index (Phi) is 5.23. The van der Waals surface area contributed by atoms with Crippen LogP contribution in [-0.4, -0.2) is 45.2 Å². The lowest BCUT2D eigenvalue weighted by Crippen LogP contribution is -2.43. The normalized spacial score (nSPS) is 21.2. The van der Waals surface area contributed by atoms with Gasteiger partial charge in [0.15, 0.2) is 9.84 Å². The number of hydrogen-bond acceptors (Lipinski definition) is 4. The van der Waals surface area contributed by atoms with Crippen LogP contribution in [-0.2, 0) is 19.9 Å². The Morgan fingerprint density at radius 2 is 1.87 bits per heavy atom. The maximum atomic E-state index is 13.1. The third-order valence-electron chi connectivity index (χ3n) is 4.25. The first kappa shape index (κ1) is 18.4. The van der Waals surface area contributed by atoms with Gasteiger partial charge in [-0.05, 0) is 49.4 Å². The van der Waals surface area contributed by atoms with Gasteiger partial charge >= 0.3 is 0 Å². The number of sulfonamides is 1. The van der Waals surface area contributed by atoms with E-state index in [0.717, 1.165) is 11.1 Å². The molecule has 1 aromatic rings. The van der Waals surface area contributed by atoms with Crippen molar-refractivity contribution in [1.82, 2.24) is 4.31 Å². The molecule has 1 saturated heterocycles. The molecule has 1 atom stereocenters. The summed E-state index contributed by atoms with van der Waals surface area (Å²) in [6.45, 7) is 8.01. The molecule has 0 unspecified atom stereocenters. The molecule has 0 bridgehead atoms. The number of sulfone groups is 1. The minimum Gasteiger partial charge on any atom is -0.229 e. The molecule has 1 fully saturated rings. The highest BCUT2D eigenvalue weighted by Crippen LogP contribution is 2.27. The Morgan fingerprint density at radius 3 is 2.35 bits per heavy atom. The van der Waals surface area contributed by atoms with E-state index in [1.165, 1.54) is 4.31 Å². The number of benzene rings is 1. The topological polar surface area (TPSA) is 71.5 Å². The van der Waals surface area contributed by atoms with E-state index >= 15 is 0 Å². The standard InChI is InChI=1S/C16H25NO4S2/c1-12(2)10-17(15-7-8-22(18,19)11-15)23(20,21)16-6-5-13(3)14(4)9-16/h5-6,9,12,15H,7-8,10-11H2,1-4H3/t15-/m1/s1. The number of hydrogen-bond donors (Lipinski definition) is 0. The molecule has 0 aromatic heterocycles. The Morgan fingerprint density at radius 1 is 1.22 bits per heavy atom. The van der Waals surface area contributed by atoms with Gasteiger partial charge < -0.3 is 0 Å². The molecule has 0 amide bonds. The monoisotopic (exact) mass is 359 g/mol. The second-order valence-electron chi connectivity index (χ2n) is 6.77. The van der Waals surface area contributed by atoms with Crippen LogP contribution in [0.2, 0.25) is 0 Å². The van der Waals surface area contributed by atoms with Crippen LogP contribution in [0.1, 0.15) is 31.4 Å². The molecule has 7 heteroatoms. The van der Waals surface area contributed by atoms with Gasteiger partial charge in [-0.15, -0.1) is 0 Å². The molecule has 0 aliphatic carbocycles. The predicted octanol–water partition coefficient (Wildman–Crippen LogP) is 2.14. The van der Waals surface area contributed by atoms with Gasteiger partial charge in [-0.2, -0.15) is 4.31 Å². The van der Waals surface area contributed by atoms with Gasteiger partial charge in [0.05, 0.1) is 16.4 Å². The summed E-state index contributed by atoms with van der Waals surface area (Å²) in [6.07, 6.45) is 0.374. The fourth-order valence-electron chi connectivity index (χ4n) is 2.82. The summed E-state index contributed by atoms with van der Waals surface area (Å²) in [7, 11) is -6.84. The van der Waals surface area contributed by atoms with Gasteiger partial charge in [-0.1, -0.05) is 19.9 Å². The zero-order valence-electron chi connectivity index (χ0n) is 14.1. The van der Waals surface area contributed by atoms with Gasteiger partial charge in [0.2, 0.25) is 10.0 Å². The van der Waals surface area contributed by atoms with E-state index in [1.807, 2.05) is 27.7 Å². The van der Waals surface area contributed by atoms with E-state index in [1.54, 1.807) is 18.2 Å². The van der Waals surface area contributed by atoms with Crippen LogP contribution >= 0.6 is 0 Å². The van der Waals surface area contributed by atoms with E-state index < -0.39 is 25.9 Å². The largest absolute Gasteiger partial charge is 0.243 e. The summed E-state index contributed by atoms with van der Waals surface area (Å²) in [5.74, 6) is 0.109. The van der Waals surface area contributed by atoms with Crippen molar-refractivity contribution in [3.8, 4) is 0 Å². The zero-order chi connectivity index (χ0) is 17.4. The Balaban J connectivity index is 2.43. The fourth-order valence-corrected chi connectivity index (χ4v) is 6.54. The Hall–Kier alpha value is -0.920. The first-order valence-electron chi connectivity index (χ1n) is 7.82. The smallest absolute Gasteiger partial charge is 0.229 e. The lowest BCUT2D eigenvalue weighted by Gasteiger charge is -2.29. The fraction of sp³-hybridized carbons (Fsp3) is 0.625. The van der Waals surface area contributed by atoms with E-state index in [4.69, 9.17) is 0 Å². The molecule has 0 N–H and O–H groups in total. The van der Waals surface area contributed by atoms with Crippen molar-refractivity contribution in [2.45, 2.75) is 45.1 Å². The minimum absolute atomic E-state index is 0.0642. The summed E-state index contributed by atoms with van der Waals surface area (Å²) >= 11 is 0. The van der Waals surface area contributed by atoms with E-state index in [2.05, 4.69) is 0 Å². The number of rotatable bonds is 5. The van der Waals surface area contributed by atoms with Crippen molar-refractivity contribution in [3.63, 3.8) is 0 Å². The number of aryl methyl sites for hydroxylation is 2. The maximum absolute atomic E-state index is 13.1. The van der Waals surface area contributed by atoms with Crippen molar-refractivity contribution in [1.29, 1.82) is 0 Å². The average Bonchev–Trinajstić information content (AvgIpc) is 2.78. The highest BCUT2D eigenvalue weighted by Gasteiger charge is 2.39. The second kappa shape index (κ2) is 6.53. The van der Waals surface area contributed by atoms with E-state index in [-0.39, 0.29) is 22.3 Å². The first-order valence-corrected chi connectivity index (χ1v) is 11.1. The molecule has 1 aromatic carbocycles. The van der Waals surface area contributed by atoms with Crippen molar-refractivity contribution in [3.05, 3.63) is 29.3 Å². The minimum atomic E-state index is -3.70. The highest BCUT2D eigenvalue weighted by molar-refractivity contribution is 7.92. The number of nitrogens with zero attached hydrogens (tertiary/aromatic N) is 1. The summed E-state index contributed by atoms with van der Waals surface area (Å²) in [5.41, 5.74) is 1.94. The molecule has 0 radical (unpaired) electrons. The van der Waals surface area contributed by atoms with Crippen molar-refractivity contribution < 1.29 is 16.8 Å². The SMILES string of the molecule is Cc1ccc(S(=O)(=O)N(CC(C)C)[C@@H]2CCS(=O)(=O)C2)cc1C. The van der Waals surface area contributed by atoms with Gasteiger partial charge in [0, 0.05) is 12.6 Å². The molecular formula is C16H25NO4S2. The summed E-state index contributed by atoms with van der Waals surface area (Å²) in [6, 6.07) is 4.60. The van der Waals surface area contributed by atoms with Crippen LogP contribution in [0.3, 0.4) is 0 Å². The average molecular weight is 360 g/mol. The molecule has 130 valence electrons. The quantitative estimate of drug-likeness (QED) is 0.807. The van der Waals surface area contributed by atoms with Crippen LogP contribution < -0.4 is 0 Å². The van der Waals surface area contributed by atoms with Crippen LogP contribution in [0.4, 0.5) is 0 Å². The van der Waals surface area contributed by atoms with Crippen LogP contribution in [0.15, 0.2) is 23.1 Å². The van der Waals surface area contributed by atoms with Crippen molar-refractivity contribution >= 4 is 19.9 Å². The molecule has 5 nitrogen and oxygen atoms in total. The van der Waals surface area contributed by atoms with E-state index in [0.29, 0.717) is 13.0 Å². The summed E-state index contributed by atoms with van der Waals surface area (Å²) in [5, 5.41) is 0. The summed E-state index contributed by atoms with van der Waals surface area (Å²) in [4.78, 5) is 0.241. The lowest BCUT2D eigenvalue weighted by atomic mass is 10.1. The second-order valence-corrected chi connectivity index (χ2v) is 10.9. The van der Waals surface area contributed by atoms with Crippen LogP contribution in [0.5, 0.6) is 0 Å². The third kappa shape index (κ3) is 4.14. The van der Waals surface area contributed by atoms with Gasteiger partial charge in [0.25, 0.3) is 0 Å². The van der Waals surface area contributed by atoms with Gasteiger partial charge in [0.1, 0.15) is 0 Å². The van der Waals surface area contributed by atoms with E-state index in [9.17, 15) is 16.8 Å². The first-order chi connectivity index (χ1) is 10.5. The molecular weight excluding hydrogens is 334 g/mol. The zero-order valence-corrected chi connectivity index (χ0v) is 15.7. The molecule has 23 heavy (non-hydrogen) atoms. The Labute approximate surface area is 139 Å². The molecule has 1 aliphatic rings. The molecule has 1 aliphatic heterocycles. The molecule has 0 spiro atoms. The molecule has 0 saturated carbocycles. The summed E-state index contributed by atoms with van der Waals surface area (Å²) < 4.78 is 51.1. The third-order valence-corrected chi connectivity index (χ3v) is 7.91. The van der Waals surface area contributed by atoms with Crippen LogP contribution in [0, 0.1) is 19.8 Å². The molecule has 1 heterocycles. The van der Waals surface area contributed by atoms with Crippen molar-refractivity contribution in [2.75, 3.05) is 18.1 Å². The van der Waals surface area contributed by atoms with Gasteiger partial charge in [-0.3, -0.25) is 0 Å². The predicted molar refractivity (Wildman–Crippen MR) is 91.7 cm³/mol. The molecule has 2 rings (SSSR count). The van der Waals surface area contributed by atoms with Gasteiger partial charge in [-0.25, -0.2) is 16.8 Å². The Bertz CT molecular complexity index is 782. The lowest BCUT2D eigenvalue weighted by molar-refractivity contribution is 0.308. The maximum Gasteiger partial charge on any atom is 0.243 e.